The van der Waals surface area contributed by atoms with E-state index in [0.29, 0.717) is 12.5 Å². The minimum Gasteiger partial charge on any atom is -0.329 e. The van der Waals surface area contributed by atoms with Crippen LogP contribution < -0.4 is 5.73 Å². The number of carbonyl (C=O) groups excluding carboxylic acids is 1. The average Bonchev–Trinajstić information content (AvgIpc) is 2.35. The van der Waals surface area contributed by atoms with E-state index in [4.69, 9.17) is 5.73 Å². The van der Waals surface area contributed by atoms with Crippen molar-refractivity contribution in [2.45, 2.75) is 51.2 Å². The molecule has 2 rings (SSSR count). The molecule has 116 valence electrons. The number of nitrogens with zero attached hydrogens (tertiary/aromatic N) is 1. The van der Waals surface area contributed by atoms with Crippen molar-refractivity contribution in [2.24, 2.45) is 5.73 Å². The van der Waals surface area contributed by atoms with Gasteiger partial charge in [0.1, 0.15) is 5.82 Å². The van der Waals surface area contributed by atoms with Gasteiger partial charge in [-0.2, -0.15) is 0 Å². The van der Waals surface area contributed by atoms with E-state index in [1.54, 1.807) is 20.8 Å². The lowest BCUT2D eigenvalue weighted by molar-refractivity contribution is -0.144. The van der Waals surface area contributed by atoms with Gasteiger partial charge in [0.15, 0.2) is 11.6 Å². The second-order valence-electron chi connectivity index (χ2n) is 6.37. The Morgan fingerprint density at radius 2 is 1.71 bits per heavy atom. The molecular formula is C15H19F3N2O. The van der Waals surface area contributed by atoms with Crippen LogP contribution >= 0.6 is 0 Å². The lowest BCUT2D eigenvalue weighted by atomic mass is 9.86. The van der Waals surface area contributed by atoms with Crippen molar-refractivity contribution in [3.05, 3.63) is 35.1 Å². The van der Waals surface area contributed by atoms with Gasteiger partial charge in [0.05, 0.1) is 6.04 Å². The Bertz CT molecular complexity index is 569. The Balaban J connectivity index is 2.56. The molecule has 1 saturated heterocycles. The Labute approximate surface area is 121 Å². The van der Waals surface area contributed by atoms with Gasteiger partial charge in [-0.3, -0.25) is 4.79 Å². The number of hydrogen-bond acceptors (Lipinski definition) is 2. The molecule has 0 saturated carbocycles. The number of amides is 1. The molecule has 1 amide bonds. The molecule has 0 bridgehead atoms. The normalized spacial score (nSPS) is 23.6. The third-order valence-electron chi connectivity index (χ3n) is 3.72. The molecule has 1 aromatic carbocycles. The van der Waals surface area contributed by atoms with E-state index in [1.165, 1.54) is 4.90 Å². The number of benzene rings is 1. The van der Waals surface area contributed by atoms with Crippen LogP contribution in [-0.2, 0) is 4.79 Å². The highest BCUT2D eigenvalue weighted by molar-refractivity contribution is 5.78. The summed E-state index contributed by atoms with van der Waals surface area (Å²) >= 11 is 0. The van der Waals surface area contributed by atoms with Crippen molar-refractivity contribution < 1.29 is 18.0 Å². The van der Waals surface area contributed by atoms with E-state index in [-0.39, 0.29) is 17.9 Å². The Kier molecular flexibility index (Phi) is 4.02. The fourth-order valence-electron chi connectivity index (χ4n) is 2.84. The van der Waals surface area contributed by atoms with Crippen LogP contribution in [0.3, 0.4) is 0 Å². The monoisotopic (exact) mass is 300 g/mol. The molecule has 21 heavy (non-hydrogen) atoms. The fraction of sp³-hybridized carbons (Fsp3) is 0.533. The molecule has 0 aromatic heterocycles. The summed E-state index contributed by atoms with van der Waals surface area (Å²) in [5.41, 5.74) is 5.36. The number of nitrogens with two attached hydrogens (primary N) is 1. The van der Waals surface area contributed by atoms with Gasteiger partial charge in [-0.1, -0.05) is 0 Å². The van der Waals surface area contributed by atoms with Gasteiger partial charge >= 0.3 is 0 Å². The van der Waals surface area contributed by atoms with Crippen LogP contribution in [0.5, 0.6) is 0 Å². The van der Waals surface area contributed by atoms with Crippen molar-refractivity contribution in [2.75, 3.05) is 0 Å². The molecule has 0 aliphatic carbocycles. The summed E-state index contributed by atoms with van der Waals surface area (Å²) in [4.78, 5) is 13.7. The molecule has 2 N–H and O–H groups in total. The van der Waals surface area contributed by atoms with Crippen molar-refractivity contribution in [1.82, 2.24) is 4.90 Å². The summed E-state index contributed by atoms with van der Waals surface area (Å²) in [6.45, 7) is 5.40. The average molecular weight is 300 g/mol. The van der Waals surface area contributed by atoms with Gasteiger partial charge in [-0.15, -0.1) is 0 Å². The molecule has 1 aliphatic heterocycles. The highest BCUT2D eigenvalue weighted by atomic mass is 19.2. The first kappa shape index (κ1) is 15.8. The molecule has 2 atom stereocenters. The van der Waals surface area contributed by atoms with Gasteiger partial charge in [0, 0.05) is 29.6 Å². The third kappa shape index (κ3) is 2.90. The maximum Gasteiger partial charge on any atom is 0.223 e. The third-order valence-corrected chi connectivity index (χ3v) is 3.72. The maximum absolute atomic E-state index is 14.1. The maximum atomic E-state index is 14.1. The SMILES string of the molecule is CC(C)(C)N1C(=O)CCC(N)C1c1cc(F)c(F)cc1F. The molecule has 6 heteroatoms. The van der Waals surface area contributed by atoms with Gasteiger partial charge in [-0.05, 0) is 33.3 Å². The number of carbonyl (C=O) groups is 1. The molecule has 1 heterocycles. The van der Waals surface area contributed by atoms with Gasteiger partial charge in [0.2, 0.25) is 5.91 Å². The van der Waals surface area contributed by atoms with Crippen LogP contribution in [0.2, 0.25) is 0 Å². The number of piperidine rings is 1. The van der Waals surface area contributed by atoms with E-state index in [0.717, 1.165) is 6.07 Å². The van der Waals surface area contributed by atoms with Crippen LogP contribution in [0.4, 0.5) is 13.2 Å². The Hall–Kier alpha value is -1.56. The van der Waals surface area contributed by atoms with E-state index < -0.39 is 35.1 Å². The lowest BCUT2D eigenvalue weighted by Crippen LogP contribution is -2.56. The van der Waals surface area contributed by atoms with Crippen LogP contribution in [0.25, 0.3) is 0 Å². The Morgan fingerprint density at radius 1 is 1.14 bits per heavy atom. The standard InChI is InChI=1S/C15H19F3N2O/c1-15(2,3)20-13(21)5-4-12(19)14(20)8-6-10(17)11(18)7-9(8)16/h6-7,12,14H,4-5,19H2,1-3H3. The number of hydrogen-bond donors (Lipinski definition) is 1. The summed E-state index contributed by atoms with van der Waals surface area (Å²) in [5.74, 6) is -3.46. The van der Waals surface area contributed by atoms with Crippen molar-refractivity contribution in [3.63, 3.8) is 0 Å². The van der Waals surface area contributed by atoms with E-state index >= 15 is 0 Å². The predicted octanol–water partition coefficient (Wildman–Crippen LogP) is 2.89. The van der Waals surface area contributed by atoms with Crippen LogP contribution in [-0.4, -0.2) is 22.4 Å². The van der Waals surface area contributed by atoms with Gasteiger partial charge < -0.3 is 10.6 Å². The van der Waals surface area contributed by atoms with Crippen molar-refractivity contribution in [3.8, 4) is 0 Å². The Morgan fingerprint density at radius 3 is 2.29 bits per heavy atom. The fourth-order valence-corrected chi connectivity index (χ4v) is 2.84. The zero-order chi connectivity index (χ0) is 15.9. The largest absolute Gasteiger partial charge is 0.329 e. The zero-order valence-electron chi connectivity index (χ0n) is 12.3. The van der Waals surface area contributed by atoms with Gasteiger partial charge in [-0.25, -0.2) is 13.2 Å². The minimum atomic E-state index is -1.26. The molecule has 1 aromatic rings. The highest BCUT2D eigenvalue weighted by Crippen LogP contribution is 2.37. The van der Waals surface area contributed by atoms with Crippen molar-refractivity contribution in [1.29, 1.82) is 0 Å². The molecule has 0 radical (unpaired) electrons. The molecule has 3 nitrogen and oxygen atoms in total. The predicted molar refractivity (Wildman–Crippen MR) is 72.9 cm³/mol. The zero-order valence-corrected chi connectivity index (χ0v) is 12.3. The van der Waals surface area contributed by atoms with Crippen LogP contribution in [0.1, 0.15) is 45.2 Å². The van der Waals surface area contributed by atoms with E-state index in [2.05, 4.69) is 0 Å². The van der Waals surface area contributed by atoms with Crippen molar-refractivity contribution >= 4 is 5.91 Å². The summed E-state index contributed by atoms with van der Waals surface area (Å²) in [6, 6.07) is -0.0354. The second-order valence-corrected chi connectivity index (χ2v) is 6.37. The number of halogens is 3. The summed E-state index contributed by atoms with van der Waals surface area (Å²) in [7, 11) is 0. The molecule has 1 aliphatic rings. The quantitative estimate of drug-likeness (QED) is 0.811. The summed E-state index contributed by atoms with van der Waals surface area (Å²) in [5, 5.41) is 0. The van der Waals surface area contributed by atoms with E-state index in [1.807, 2.05) is 0 Å². The van der Waals surface area contributed by atoms with E-state index in [9.17, 15) is 18.0 Å². The molecule has 1 fully saturated rings. The van der Waals surface area contributed by atoms with Crippen LogP contribution in [0, 0.1) is 17.5 Å². The summed E-state index contributed by atoms with van der Waals surface area (Å²) < 4.78 is 40.7. The molecule has 2 unspecified atom stereocenters. The number of likely N-dealkylation sites (tertiary alicyclic amines) is 1. The number of rotatable bonds is 1. The van der Waals surface area contributed by atoms with Crippen LogP contribution in [0.15, 0.2) is 12.1 Å². The first-order chi connectivity index (χ1) is 9.62. The minimum absolute atomic E-state index is 0.0793. The summed E-state index contributed by atoms with van der Waals surface area (Å²) in [6.07, 6.45) is 0.648. The van der Waals surface area contributed by atoms with Gasteiger partial charge in [0.25, 0.3) is 0 Å². The lowest BCUT2D eigenvalue weighted by Gasteiger charge is -2.47. The first-order valence-electron chi connectivity index (χ1n) is 6.85. The highest BCUT2D eigenvalue weighted by Gasteiger charge is 2.42. The first-order valence-corrected chi connectivity index (χ1v) is 6.85. The molecule has 0 spiro atoms. The topological polar surface area (TPSA) is 46.3 Å². The smallest absolute Gasteiger partial charge is 0.223 e. The molecular weight excluding hydrogens is 281 g/mol. The second kappa shape index (κ2) is 5.33.